The fraction of sp³-hybridized carbons (Fsp3) is 0. The maximum absolute atomic E-state index is 10.9. The topological polar surface area (TPSA) is 73.3 Å². The number of nitrogens with zero attached hydrogens (tertiary/aromatic N) is 1. The van der Waals surface area contributed by atoms with E-state index in [1.165, 1.54) is 12.3 Å². The summed E-state index contributed by atoms with van der Waals surface area (Å²) >= 11 is 0. The molecule has 0 atom stereocenters. The van der Waals surface area contributed by atoms with Gasteiger partial charge in [-0.3, -0.25) is 0 Å². The first-order chi connectivity index (χ1) is 5.77. The Labute approximate surface area is 65.3 Å². The van der Waals surface area contributed by atoms with E-state index in [1.54, 1.807) is 6.07 Å². The minimum atomic E-state index is -1.04. The van der Waals surface area contributed by atoms with E-state index in [1.807, 2.05) is 0 Å². The fourth-order valence-electron chi connectivity index (χ4n) is 0.858. The van der Waals surface area contributed by atoms with Gasteiger partial charge in [-0.1, -0.05) is 0 Å². The third-order valence-corrected chi connectivity index (χ3v) is 1.35. The lowest BCUT2D eigenvalue weighted by molar-refractivity contribution is 0.324. The molecule has 60 valence electrons. The minimum absolute atomic E-state index is 0.00116. The fourth-order valence-corrected chi connectivity index (χ4v) is 0.858. The molecule has 0 bridgehead atoms. The first-order valence-electron chi connectivity index (χ1n) is 3.16. The van der Waals surface area contributed by atoms with Crippen LogP contribution >= 0.6 is 0 Å². The van der Waals surface area contributed by atoms with Crippen molar-refractivity contribution in [1.82, 2.24) is 4.98 Å². The van der Waals surface area contributed by atoms with Crippen molar-refractivity contribution in [2.75, 3.05) is 0 Å². The lowest BCUT2D eigenvalue weighted by atomic mass is 10.4. The summed E-state index contributed by atoms with van der Waals surface area (Å²) in [5, 5.41) is 0.164. The molecule has 12 heavy (non-hydrogen) atoms. The standard InChI is InChI=1S/C7H3NO4/c9-6-4-2-1-3-8-5(4)11-7(10)12-6/h1-3H. The Bertz CT molecular complexity index is 524. The molecule has 0 aliphatic carbocycles. The Morgan fingerprint density at radius 2 is 2.08 bits per heavy atom. The van der Waals surface area contributed by atoms with E-state index in [0.717, 1.165) is 0 Å². The summed E-state index contributed by atoms with van der Waals surface area (Å²) in [6.45, 7) is 0. The van der Waals surface area contributed by atoms with Gasteiger partial charge >= 0.3 is 11.4 Å². The molecule has 0 N–H and O–H groups in total. The first-order valence-corrected chi connectivity index (χ1v) is 3.16. The van der Waals surface area contributed by atoms with E-state index in [4.69, 9.17) is 0 Å². The second kappa shape index (κ2) is 2.30. The average molecular weight is 165 g/mol. The van der Waals surface area contributed by atoms with Crippen LogP contribution < -0.4 is 11.4 Å². The zero-order chi connectivity index (χ0) is 8.55. The third kappa shape index (κ3) is 0.914. The summed E-state index contributed by atoms with van der Waals surface area (Å²) in [6.07, 6.45) is 1.42. The number of pyridine rings is 1. The molecule has 5 heteroatoms. The van der Waals surface area contributed by atoms with Crippen LogP contribution in [0.5, 0.6) is 0 Å². The number of fused-ring (bicyclic) bond motifs is 1. The van der Waals surface area contributed by atoms with Gasteiger partial charge in [0.05, 0.1) is 0 Å². The molecular weight excluding hydrogens is 162 g/mol. The van der Waals surface area contributed by atoms with Crippen molar-refractivity contribution in [3.8, 4) is 0 Å². The van der Waals surface area contributed by atoms with E-state index >= 15 is 0 Å². The highest BCUT2D eigenvalue weighted by atomic mass is 16.6. The first kappa shape index (κ1) is 6.78. The van der Waals surface area contributed by atoms with Crippen molar-refractivity contribution < 1.29 is 8.83 Å². The highest BCUT2D eigenvalue weighted by Crippen LogP contribution is 2.00. The van der Waals surface area contributed by atoms with Gasteiger partial charge in [0.1, 0.15) is 5.39 Å². The second-order valence-corrected chi connectivity index (χ2v) is 2.10. The Balaban J connectivity index is 3.09. The van der Waals surface area contributed by atoms with Crippen LogP contribution in [0.25, 0.3) is 11.1 Å². The zero-order valence-corrected chi connectivity index (χ0v) is 5.81. The van der Waals surface area contributed by atoms with Crippen molar-refractivity contribution in [2.45, 2.75) is 0 Å². The van der Waals surface area contributed by atoms with Gasteiger partial charge in [0.25, 0.3) is 0 Å². The molecule has 0 saturated carbocycles. The summed E-state index contributed by atoms with van der Waals surface area (Å²) in [5.41, 5.74) is -0.729. The maximum atomic E-state index is 10.9. The van der Waals surface area contributed by atoms with Crippen LogP contribution in [0.3, 0.4) is 0 Å². The van der Waals surface area contributed by atoms with Crippen LogP contribution in [-0.4, -0.2) is 4.98 Å². The van der Waals surface area contributed by atoms with E-state index in [2.05, 4.69) is 13.8 Å². The Morgan fingerprint density at radius 1 is 1.25 bits per heavy atom. The smallest absolute Gasteiger partial charge is 0.375 e. The molecule has 0 spiro atoms. The predicted molar refractivity (Wildman–Crippen MR) is 38.8 cm³/mol. The van der Waals surface area contributed by atoms with Crippen LogP contribution in [0.2, 0.25) is 0 Å². The van der Waals surface area contributed by atoms with Gasteiger partial charge in [-0.2, -0.15) is 0 Å². The van der Waals surface area contributed by atoms with Gasteiger partial charge in [0.15, 0.2) is 0 Å². The Hall–Kier alpha value is -1.91. The minimum Gasteiger partial charge on any atom is -0.375 e. The van der Waals surface area contributed by atoms with Crippen LogP contribution in [-0.2, 0) is 0 Å². The summed E-state index contributed by atoms with van der Waals surface area (Å²) in [4.78, 5) is 25.1. The molecule has 0 aromatic carbocycles. The van der Waals surface area contributed by atoms with E-state index in [0.29, 0.717) is 0 Å². The monoisotopic (exact) mass is 165 g/mol. The number of hydrogen-bond acceptors (Lipinski definition) is 5. The van der Waals surface area contributed by atoms with Crippen LogP contribution in [0.15, 0.2) is 36.8 Å². The molecule has 5 nitrogen and oxygen atoms in total. The lowest BCUT2D eigenvalue weighted by Crippen LogP contribution is -2.10. The van der Waals surface area contributed by atoms with Gasteiger partial charge in [-0.05, 0) is 12.1 Å². The molecule has 2 rings (SSSR count). The van der Waals surface area contributed by atoms with Crippen molar-refractivity contribution in [2.24, 2.45) is 0 Å². The normalized spacial score (nSPS) is 10.3. The van der Waals surface area contributed by atoms with Gasteiger partial charge in [-0.25, -0.2) is 14.6 Å². The quantitative estimate of drug-likeness (QED) is 0.555. The van der Waals surface area contributed by atoms with Gasteiger partial charge in [0, 0.05) is 6.20 Å². The molecule has 0 radical (unpaired) electrons. The molecule has 0 amide bonds. The second-order valence-electron chi connectivity index (χ2n) is 2.10. The van der Waals surface area contributed by atoms with Crippen molar-refractivity contribution >= 4 is 11.1 Å². The SMILES string of the molecule is O=c1oc(=O)c2cccnc2o1. The van der Waals surface area contributed by atoms with E-state index in [-0.39, 0.29) is 11.1 Å². The Morgan fingerprint density at radius 3 is 2.92 bits per heavy atom. The number of aromatic nitrogens is 1. The molecule has 2 heterocycles. The van der Waals surface area contributed by atoms with E-state index in [9.17, 15) is 9.59 Å². The summed E-state index contributed by atoms with van der Waals surface area (Å²) < 4.78 is 8.68. The highest BCUT2D eigenvalue weighted by Gasteiger charge is 2.03. The van der Waals surface area contributed by atoms with Gasteiger partial charge in [0.2, 0.25) is 5.71 Å². The molecule has 0 fully saturated rings. The lowest BCUT2D eigenvalue weighted by Gasteiger charge is -1.88. The third-order valence-electron chi connectivity index (χ3n) is 1.35. The largest absolute Gasteiger partial charge is 0.523 e. The van der Waals surface area contributed by atoms with Crippen LogP contribution in [0.1, 0.15) is 0 Å². The van der Waals surface area contributed by atoms with Crippen LogP contribution in [0.4, 0.5) is 0 Å². The molecule has 2 aromatic heterocycles. The van der Waals surface area contributed by atoms with Crippen LogP contribution in [0, 0.1) is 0 Å². The molecule has 0 unspecified atom stereocenters. The molecule has 0 aliphatic rings. The van der Waals surface area contributed by atoms with E-state index < -0.39 is 11.4 Å². The molecule has 0 aliphatic heterocycles. The average Bonchev–Trinajstić information content (AvgIpc) is 2.04. The Kier molecular flexibility index (Phi) is 1.30. The summed E-state index contributed by atoms with van der Waals surface area (Å²) in [5.74, 6) is -1.04. The maximum Gasteiger partial charge on any atom is 0.523 e. The predicted octanol–water partition coefficient (Wildman–Crippen LogP) is 0.141. The summed E-state index contributed by atoms with van der Waals surface area (Å²) in [7, 11) is 0. The number of hydrogen-bond donors (Lipinski definition) is 0. The molecule has 0 saturated heterocycles. The summed E-state index contributed by atoms with van der Waals surface area (Å²) in [6, 6.07) is 3.02. The van der Waals surface area contributed by atoms with Gasteiger partial charge < -0.3 is 8.83 Å². The molecular formula is C7H3NO4. The number of rotatable bonds is 0. The van der Waals surface area contributed by atoms with Crippen molar-refractivity contribution in [1.29, 1.82) is 0 Å². The van der Waals surface area contributed by atoms with Gasteiger partial charge in [-0.15, -0.1) is 0 Å². The highest BCUT2D eigenvalue weighted by molar-refractivity contribution is 5.69. The zero-order valence-electron chi connectivity index (χ0n) is 5.81. The molecule has 2 aromatic rings. The van der Waals surface area contributed by atoms with Crippen molar-refractivity contribution in [3.63, 3.8) is 0 Å². The van der Waals surface area contributed by atoms with Crippen molar-refractivity contribution in [3.05, 3.63) is 39.4 Å².